The van der Waals surface area contributed by atoms with Gasteiger partial charge in [-0.2, -0.15) is 0 Å². The molecule has 0 aliphatic rings. The summed E-state index contributed by atoms with van der Waals surface area (Å²) in [5, 5.41) is 3.09. The van der Waals surface area contributed by atoms with Crippen LogP contribution in [0.5, 0.6) is 0 Å². The highest BCUT2D eigenvalue weighted by atomic mass is 16.1. The maximum atomic E-state index is 12.3. The van der Waals surface area contributed by atoms with Crippen LogP contribution in [-0.2, 0) is 6.42 Å². The molecule has 0 amide bonds. The van der Waals surface area contributed by atoms with Crippen molar-refractivity contribution in [1.29, 1.82) is 0 Å². The number of ketones is 1. The normalized spacial score (nSPS) is 12.7. The second kappa shape index (κ2) is 7.29. The number of benzene rings is 1. The lowest BCUT2D eigenvalue weighted by Gasteiger charge is -2.23. The molecular formula is C15H24N2O. The Hall–Kier alpha value is -1.19. The first-order valence-corrected chi connectivity index (χ1v) is 6.58. The van der Waals surface area contributed by atoms with Gasteiger partial charge in [0, 0.05) is 18.7 Å². The van der Waals surface area contributed by atoms with E-state index in [1.807, 2.05) is 45.3 Å². The molecule has 0 saturated carbocycles. The van der Waals surface area contributed by atoms with Gasteiger partial charge in [0.1, 0.15) is 0 Å². The van der Waals surface area contributed by atoms with Crippen LogP contribution in [-0.4, -0.2) is 43.9 Å². The SMILES string of the molecule is CCc1ccc(C(=O)C(C)N(C)CCNC)cc1. The summed E-state index contributed by atoms with van der Waals surface area (Å²) < 4.78 is 0. The van der Waals surface area contributed by atoms with Gasteiger partial charge in [-0.3, -0.25) is 9.69 Å². The molecule has 0 bridgehead atoms. The molecule has 0 aliphatic heterocycles. The molecule has 1 aromatic rings. The fraction of sp³-hybridized carbons (Fsp3) is 0.533. The molecule has 1 aromatic carbocycles. The minimum absolute atomic E-state index is 0.0779. The van der Waals surface area contributed by atoms with Crippen LogP contribution in [0.25, 0.3) is 0 Å². The third-order valence-corrected chi connectivity index (χ3v) is 3.40. The van der Waals surface area contributed by atoms with E-state index in [9.17, 15) is 4.79 Å². The van der Waals surface area contributed by atoms with Crippen LogP contribution < -0.4 is 5.32 Å². The first-order valence-electron chi connectivity index (χ1n) is 6.58. The van der Waals surface area contributed by atoms with Crippen molar-refractivity contribution in [2.24, 2.45) is 0 Å². The number of likely N-dealkylation sites (N-methyl/N-ethyl adjacent to an activating group) is 2. The highest BCUT2D eigenvalue weighted by Crippen LogP contribution is 2.10. The number of Topliss-reactive ketones (excluding diaryl/α,β-unsaturated/α-hetero) is 1. The van der Waals surface area contributed by atoms with Gasteiger partial charge in [-0.1, -0.05) is 31.2 Å². The zero-order chi connectivity index (χ0) is 13.5. The molecule has 1 atom stereocenters. The largest absolute Gasteiger partial charge is 0.318 e. The van der Waals surface area contributed by atoms with Gasteiger partial charge in [-0.25, -0.2) is 0 Å². The molecule has 3 heteroatoms. The number of rotatable bonds is 7. The fourth-order valence-corrected chi connectivity index (χ4v) is 1.83. The highest BCUT2D eigenvalue weighted by molar-refractivity contribution is 5.99. The summed E-state index contributed by atoms with van der Waals surface area (Å²) in [6.07, 6.45) is 1.01. The lowest BCUT2D eigenvalue weighted by Crippen LogP contribution is -2.39. The van der Waals surface area contributed by atoms with Gasteiger partial charge in [0.25, 0.3) is 0 Å². The summed E-state index contributed by atoms with van der Waals surface area (Å²) in [7, 11) is 3.91. The van der Waals surface area contributed by atoms with Gasteiger partial charge in [-0.05, 0) is 33.0 Å². The topological polar surface area (TPSA) is 32.3 Å². The van der Waals surface area contributed by atoms with Gasteiger partial charge >= 0.3 is 0 Å². The average molecular weight is 248 g/mol. The van der Waals surface area contributed by atoms with Gasteiger partial charge in [-0.15, -0.1) is 0 Å². The fourth-order valence-electron chi connectivity index (χ4n) is 1.83. The van der Waals surface area contributed by atoms with E-state index in [1.54, 1.807) is 0 Å². The van der Waals surface area contributed by atoms with Crippen molar-refractivity contribution in [2.45, 2.75) is 26.3 Å². The molecule has 0 saturated heterocycles. The van der Waals surface area contributed by atoms with Crippen LogP contribution >= 0.6 is 0 Å². The van der Waals surface area contributed by atoms with Crippen LogP contribution in [0.15, 0.2) is 24.3 Å². The van der Waals surface area contributed by atoms with Gasteiger partial charge < -0.3 is 5.32 Å². The van der Waals surface area contributed by atoms with Crippen LogP contribution in [0.1, 0.15) is 29.8 Å². The van der Waals surface area contributed by atoms with Gasteiger partial charge in [0.2, 0.25) is 0 Å². The Morgan fingerprint density at radius 1 is 1.33 bits per heavy atom. The second-order valence-electron chi connectivity index (χ2n) is 4.67. The quantitative estimate of drug-likeness (QED) is 0.749. The van der Waals surface area contributed by atoms with Crippen molar-refractivity contribution in [2.75, 3.05) is 27.2 Å². The number of carbonyl (C=O) groups is 1. The van der Waals surface area contributed by atoms with Crippen molar-refractivity contribution < 1.29 is 4.79 Å². The van der Waals surface area contributed by atoms with Gasteiger partial charge in [0.15, 0.2) is 5.78 Å². The molecule has 3 nitrogen and oxygen atoms in total. The van der Waals surface area contributed by atoms with E-state index >= 15 is 0 Å². The van der Waals surface area contributed by atoms with Crippen molar-refractivity contribution in [3.8, 4) is 0 Å². The van der Waals surface area contributed by atoms with Crippen molar-refractivity contribution >= 4 is 5.78 Å². The highest BCUT2D eigenvalue weighted by Gasteiger charge is 2.18. The Morgan fingerprint density at radius 3 is 2.44 bits per heavy atom. The number of nitrogens with one attached hydrogen (secondary N) is 1. The van der Waals surface area contributed by atoms with Crippen LogP contribution in [0, 0.1) is 0 Å². The third kappa shape index (κ3) is 3.93. The van der Waals surface area contributed by atoms with Crippen molar-refractivity contribution in [3.63, 3.8) is 0 Å². The minimum Gasteiger partial charge on any atom is -0.318 e. The summed E-state index contributed by atoms with van der Waals surface area (Å²) >= 11 is 0. The molecule has 1 N–H and O–H groups in total. The van der Waals surface area contributed by atoms with Crippen LogP contribution in [0.4, 0.5) is 0 Å². The monoisotopic (exact) mass is 248 g/mol. The molecular weight excluding hydrogens is 224 g/mol. The second-order valence-corrected chi connectivity index (χ2v) is 4.67. The molecule has 1 unspecified atom stereocenters. The first-order chi connectivity index (χ1) is 8.60. The summed E-state index contributed by atoms with van der Waals surface area (Å²) in [6, 6.07) is 7.86. The number of hydrogen-bond acceptors (Lipinski definition) is 3. The van der Waals surface area contributed by atoms with E-state index < -0.39 is 0 Å². The first kappa shape index (κ1) is 14.9. The van der Waals surface area contributed by atoms with Crippen LogP contribution in [0.3, 0.4) is 0 Å². The van der Waals surface area contributed by atoms with Crippen molar-refractivity contribution in [1.82, 2.24) is 10.2 Å². The number of nitrogens with zero attached hydrogens (tertiary/aromatic N) is 1. The Labute approximate surface area is 110 Å². The Bertz CT molecular complexity index is 373. The maximum absolute atomic E-state index is 12.3. The Balaban J connectivity index is 2.67. The van der Waals surface area contributed by atoms with E-state index in [1.165, 1.54) is 5.56 Å². The Kier molecular flexibility index (Phi) is 6.02. The predicted molar refractivity (Wildman–Crippen MR) is 76.2 cm³/mol. The lowest BCUT2D eigenvalue weighted by atomic mass is 10.0. The molecule has 1 rings (SSSR count). The zero-order valence-electron chi connectivity index (χ0n) is 11.9. The smallest absolute Gasteiger partial charge is 0.179 e. The standard InChI is InChI=1S/C15H24N2O/c1-5-13-6-8-14(9-7-13)15(18)12(2)17(4)11-10-16-3/h6-9,12,16H,5,10-11H2,1-4H3. The maximum Gasteiger partial charge on any atom is 0.179 e. The van der Waals surface area contributed by atoms with Crippen LogP contribution in [0.2, 0.25) is 0 Å². The van der Waals surface area contributed by atoms with E-state index in [-0.39, 0.29) is 11.8 Å². The molecule has 0 heterocycles. The summed E-state index contributed by atoms with van der Waals surface area (Å²) in [4.78, 5) is 14.4. The number of hydrogen-bond donors (Lipinski definition) is 1. The average Bonchev–Trinajstić information content (AvgIpc) is 2.43. The molecule has 0 fully saturated rings. The van der Waals surface area contributed by atoms with Crippen molar-refractivity contribution in [3.05, 3.63) is 35.4 Å². The molecule has 0 aromatic heterocycles. The van der Waals surface area contributed by atoms with Gasteiger partial charge in [0.05, 0.1) is 6.04 Å². The third-order valence-electron chi connectivity index (χ3n) is 3.40. The summed E-state index contributed by atoms with van der Waals surface area (Å²) in [5.74, 6) is 0.191. The Morgan fingerprint density at radius 2 is 1.94 bits per heavy atom. The van der Waals surface area contributed by atoms with E-state index in [4.69, 9.17) is 0 Å². The molecule has 0 aliphatic carbocycles. The van der Waals surface area contributed by atoms with E-state index in [0.29, 0.717) is 0 Å². The zero-order valence-corrected chi connectivity index (χ0v) is 11.9. The summed E-state index contributed by atoms with van der Waals surface area (Å²) in [6.45, 7) is 5.84. The molecule has 18 heavy (non-hydrogen) atoms. The molecule has 100 valence electrons. The minimum atomic E-state index is -0.0779. The molecule has 0 radical (unpaired) electrons. The predicted octanol–water partition coefficient (Wildman–Crippen LogP) is 1.97. The number of aryl methyl sites for hydroxylation is 1. The number of carbonyl (C=O) groups excluding carboxylic acids is 1. The van der Waals surface area contributed by atoms with E-state index in [2.05, 4.69) is 17.1 Å². The summed E-state index contributed by atoms with van der Waals surface area (Å²) in [5.41, 5.74) is 2.07. The van der Waals surface area contributed by atoms with E-state index in [0.717, 1.165) is 25.1 Å². The lowest BCUT2D eigenvalue weighted by molar-refractivity contribution is 0.0870. The molecule has 0 spiro atoms.